The van der Waals surface area contributed by atoms with Crippen molar-refractivity contribution in [1.82, 2.24) is 0 Å². The molecule has 0 aliphatic rings. The second kappa shape index (κ2) is 16.0. The quantitative estimate of drug-likeness (QED) is 0.468. The maximum Gasteiger partial charge on any atom is 2.00 e. The third-order valence-corrected chi connectivity index (χ3v) is 0. The Bertz CT molecular complexity index is 41.5. The predicted molar refractivity (Wildman–Crippen MR) is 22.2 cm³/mol. The van der Waals surface area contributed by atoms with Gasteiger partial charge in [-0.1, -0.05) is 0 Å². The van der Waals surface area contributed by atoms with Gasteiger partial charge in [-0.2, -0.15) is 0 Å². The van der Waals surface area contributed by atoms with E-state index in [2.05, 4.69) is 0 Å². The van der Waals surface area contributed by atoms with Gasteiger partial charge in [0.1, 0.15) is 0 Å². The molecule has 0 saturated heterocycles. The van der Waals surface area contributed by atoms with Crippen molar-refractivity contribution in [3.63, 3.8) is 0 Å². The molecule has 0 amide bonds. The van der Waals surface area contributed by atoms with E-state index in [1.54, 1.807) is 0 Å². The van der Waals surface area contributed by atoms with E-state index in [-0.39, 0.29) is 48.5 Å². The van der Waals surface area contributed by atoms with Gasteiger partial charge in [0.25, 0.3) is 0 Å². The Kier molecular flexibility index (Phi) is 59.1. The summed E-state index contributed by atoms with van der Waals surface area (Å²) in [5, 5.41) is 13.9. The largest absolute Gasteiger partial charge is 2.00 e. The van der Waals surface area contributed by atoms with Crippen molar-refractivity contribution in [2.75, 3.05) is 0 Å². The van der Waals surface area contributed by atoms with Crippen molar-refractivity contribution < 1.29 is 40.4 Å². The van der Waals surface area contributed by atoms with Gasteiger partial charge in [0.15, 0.2) is 0 Å². The monoisotopic (exact) mass is 169 g/mol. The summed E-state index contributed by atoms with van der Waals surface area (Å²) in [7, 11) is 0. The molecule has 0 fully saturated rings. The predicted octanol–water partition coefficient (Wildman–Crippen LogP) is -0.761. The van der Waals surface area contributed by atoms with Gasteiger partial charge in [0.2, 0.25) is 0 Å². The first-order valence-corrected chi connectivity index (χ1v) is 0.651. The fourth-order valence-corrected chi connectivity index (χ4v) is 0. The van der Waals surface area contributed by atoms with Crippen LogP contribution >= 0.6 is 0 Å². The van der Waals surface area contributed by atoms with Gasteiger partial charge in [-0.15, -0.1) is 0 Å². The maximum absolute atomic E-state index is 8.56. The zero-order valence-corrected chi connectivity index (χ0v) is 5.67. The fraction of sp³-hybridized carbons (Fsp3) is 0. The molecule has 0 aliphatic heterocycles. The van der Waals surface area contributed by atoms with Crippen LogP contribution in [-0.4, -0.2) is 44.9 Å². The van der Waals surface area contributed by atoms with E-state index >= 15 is 0 Å². The molecule has 0 heterocycles. The summed E-state index contributed by atoms with van der Waals surface area (Å²) in [6, 6.07) is 0. The molecule has 0 aromatic heterocycles. The summed E-state index contributed by atoms with van der Waals surface area (Å²) in [5.41, 5.74) is 0. The van der Waals surface area contributed by atoms with Gasteiger partial charge in [-0.3, -0.25) is 0 Å². The molecule has 7 heavy (non-hydrogen) atoms. The van der Waals surface area contributed by atoms with Gasteiger partial charge < -0.3 is 18.5 Å². The Labute approximate surface area is 69.8 Å². The molecule has 0 spiro atoms. The summed E-state index contributed by atoms with van der Waals surface area (Å²) in [4.78, 5) is 8.56. The van der Waals surface area contributed by atoms with Crippen LogP contribution in [0.2, 0.25) is 0 Å². The standard InChI is InChI=1S/CH2O3.Cu.Mg.H2O.2H/c2-1(3)4;;;;;/h(H2,2,3,4);;;1H2;;/q;;+2;;2*-1. The van der Waals surface area contributed by atoms with E-state index in [1.165, 1.54) is 0 Å². The molecule has 0 rings (SSSR count). The second-order valence-electron chi connectivity index (χ2n) is 0.283. The SMILES string of the molecule is O.O=C(O)O.[Cu].[H-].[H-].[Mg+2]. The third kappa shape index (κ3) is 500. The molecular weight excluding hydrogens is 164 g/mol. The van der Waals surface area contributed by atoms with Crippen molar-refractivity contribution in [3.05, 3.63) is 0 Å². The molecule has 0 saturated carbocycles. The zero-order chi connectivity index (χ0) is 3.58. The molecule has 0 bridgehead atoms. The van der Waals surface area contributed by atoms with Gasteiger partial charge >= 0.3 is 29.2 Å². The Morgan fingerprint density at radius 3 is 1.43 bits per heavy atom. The van der Waals surface area contributed by atoms with Crippen molar-refractivity contribution >= 4 is 29.2 Å². The molecule has 0 aromatic carbocycles. The molecular formula is CH6CuMgO4. The Balaban J connectivity index is -0.00000000450. The van der Waals surface area contributed by atoms with Crippen molar-refractivity contribution in [2.45, 2.75) is 0 Å². The molecule has 1 radical (unpaired) electrons. The van der Waals surface area contributed by atoms with E-state index in [4.69, 9.17) is 15.0 Å². The van der Waals surface area contributed by atoms with E-state index in [0.717, 1.165) is 0 Å². The molecule has 0 aliphatic carbocycles. The molecule has 0 aromatic rings. The van der Waals surface area contributed by atoms with Gasteiger partial charge in [-0.25, -0.2) is 4.79 Å². The Hall–Kier alpha value is 0.516. The van der Waals surface area contributed by atoms with Crippen LogP contribution in [0.25, 0.3) is 0 Å². The van der Waals surface area contributed by atoms with E-state index in [1.807, 2.05) is 0 Å². The van der Waals surface area contributed by atoms with Crippen LogP contribution in [0.1, 0.15) is 2.85 Å². The average molecular weight is 170 g/mol. The molecule has 6 heteroatoms. The van der Waals surface area contributed by atoms with Crippen LogP contribution in [-0.2, 0) is 17.1 Å². The van der Waals surface area contributed by atoms with Crippen LogP contribution in [0.5, 0.6) is 0 Å². The normalized spacial score (nSPS) is 3.43. The van der Waals surface area contributed by atoms with E-state index < -0.39 is 6.16 Å². The first-order valence-electron chi connectivity index (χ1n) is 0.651. The number of rotatable bonds is 0. The first kappa shape index (κ1) is 25.8. The Morgan fingerprint density at radius 1 is 1.43 bits per heavy atom. The first-order chi connectivity index (χ1) is 1.73. The van der Waals surface area contributed by atoms with Crippen LogP contribution in [0.4, 0.5) is 4.79 Å². The average Bonchev–Trinajstić information content (AvgIpc) is 0.811. The van der Waals surface area contributed by atoms with Crippen molar-refractivity contribution in [2.24, 2.45) is 0 Å². The zero-order valence-electron chi connectivity index (χ0n) is 5.31. The summed E-state index contributed by atoms with van der Waals surface area (Å²) in [6.45, 7) is 0. The number of hydrogen-bond acceptors (Lipinski definition) is 1. The third-order valence-electron chi connectivity index (χ3n) is 0. The van der Waals surface area contributed by atoms with Crippen LogP contribution in [0, 0.1) is 0 Å². The minimum Gasteiger partial charge on any atom is -1.00 e. The van der Waals surface area contributed by atoms with Crippen LogP contribution in [0.3, 0.4) is 0 Å². The minimum absolute atomic E-state index is 0. The molecule has 4 nitrogen and oxygen atoms in total. The molecule has 0 atom stereocenters. The summed E-state index contributed by atoms with van der Waals surface area (Å²) >= 11 is 0. The molecule has 0 unspecified atom stereocenters. The Morgan fingerprint density at radius 2 is 1.43 bits per heavy atom. The second-order valence-corrected chi connectivity index (χ2v) is 0.283. The van der Waals surface area contributed by atoms with Crippen molar-refractivity contribution in [1.29, 1.82) is 0 Å². The summed E-state index contributed by atoms with van der Waals surface area (Å²) < 4.78 is 0. The fourth-order valence-electron chi connectivity index (χ4n) is 0. The van der Waals surface area contributed by atoms with Crippen LogP contribution < -0.4 is 0 Å². The molecule has 4 N–H and O–H groups in total. The van der Waals surface area contributed by atoms with Gasteiger partial charge in [0, 0.05) is 17.1 Å². The van der Waals surface area contributed by atoms with Crippen molar-refractivity contribution in [3.8, 4) is 0 Å². The number of hydrogen-bond donors (Lipinski definition) is 2. The van der Waals surface area contributed by atoms with Crippen LogP contribution in [0.15, 0.2) is 0 Å². The van der Waals surface area contributed by atoms with E-state index in [9.17, 15) is 0 Å². The number of carboxylic acid groups (broad SMARTS) is 2. The van der Waals surface area contributed by atoms with E-state index in [0.29, 0.717) is 0 Å². The topological polar surface area (TPSA) is 89.0 Å². The summed E-state index contributed by atoms with van der Waals surface area (Å²) in [5.74, 6) is 0. The summed E-state index contributed by atoms with van der Waals surface area (Å²) in [6.07, 6.45) is -1.83. The molecule has 47 valence electrons. The number of carbonyl (C=O) groups is 1. The smallest absolute Gasteiger partial charge is 1.00 e. The minimum atomic E-state index is -1.83. The maximum atomic E-state index is 8.56. The van der Waals surface area contributed by atoms with Gasteiger partial charge in [0.05, 0.1) is 0 Å². The van der Waals surface area contributed by atoms with Gasteiger partial charge in [-0.05, 0) is 0 Å².